The summed E-state index contributed by atoms with van der Waals surface area (Å²) in [4.78, 5) is 10.0. The fraction of sp³-hybridized carbons (Fsp3) is 0.100. The first-order valence-corrected chi connectivity index (χ1v) is 4.94. The van der Waals surface area contributed by atoms with Crippen LogP contribution in [-0.4, -0.2) is 14.7 Å². The number of hydrogen-bond donors (Lipinski definition) is 0. The smallest absolute Gasteiger partial charge is 0.267 e. The molecule has 0 saturated carbocycles. The maximum absolute atomic E-state index is 10.4. The van der Waals surface area contributed by atoms with E-state index in [2.05, 4.69) is 5.10 Å². The van der Waals surface area contributed by atoms with Crippen molar-refractivity contribution in [2.75, 3.05) is 0 Å². The first kappa shape index (κ1) is 10.6. The van der Waals surface area contributed by atoms with Gasteiger partial charge in [0.2, 0.25) is 0 Å². The van der Waals surface area contributed by atoms with Crippen molar-refractivity contribution in [3.63, 3.8) is 0 Å². The molecule has 1 aromatic heterocycles. The monoisotopic (exact) mass is 237 g/mol. The highest BCUT2D eigenvalue weighted by Crippen LogP contribution is 2.13. The minimum Gasteiger partial charge on any atom is -0.267 e. The van der Waals surface area contributed by atoms with Gasteiger partial charge in [0.1, 0.15) is 0 Å². The maximum atomic E-state index is 10.4. The van der Waals surface area contributed by atoms with E-state index >= 15 is 0 Å². The summed E-state index contributed by atoms with van der Waals surface area (Å²) in [5, 5.41) is 15.0. The van der Waals surface area contributed by atoms with Gasteiger partial charge in [0.05, 0.1) is 22.7 Å². The fourth-order valence-electron chi connectivity index (χ4n) is 1.33. The Kier molecular flexibility index (Phi) is 2.87. The number of hydrogen-bond acceptors (Lipinski definition) is 3. The zero-order valence-corrected chi connectivity index (χ0v) is 8.96. The van der Waals surface area contributed by atoms with Gasteiger partial charge in [-0.2, -0.15) is 5.10 Å². The highest BCUT2D eigenvalue weighted by molar-refractivity contribution is 6.30. The maximum Gasteiger partial charge on any atom is 0.269 e. The van der Waals surface area contributed by atoms with Crippen LogP contribution in [0.2, 0.25) is 5.02 Å². The van der Waals surface area contributed by atoms with Gasteiger partial charge in [0.25, 0.3) is 5.69 Å². The van der Waals surface area contributed by atoms with Gasteiger partial charge in [-0.3, -0.25) is 14.8 Å². The van der Waals surface area contributed by atoms with Gasteiger partial charge in [-0.05, 0) is 5.56 Å². The molecule has 0 unspecified atom stereocenters. The summed E-state index contributed by atoms with van der Waals surface area (Å²) < 4.78 is 1.67. The molecule has 0 radical (unpaired) electrons. The van der Waals surface area contributed by atoms with E-state index in [9.17, 15) is 10.1 Å². The molecule has 2 aromatic rings. The summed E-state index contributed by atoms with van der Waals surface area (Å²) in [5.74, 6) is 0. The number of non-ortho nitro benzene ring substituents is 1. The van der Waals surface area contributed by atoms with Crippen LogP contribution in [0.25, 0.3) is 0 Å². The van der Waals surface area contributed by atoms with Crippen molar-refractivity contribution in [1.29, 1.82) is 0 Å². The molecular weight excluding hydrogens is 230 g/mol. The van der Waals surface area contributed by atoms with E-state index in [1.165, 1.54) is 12.1 Å². The zero-order valence-electron chi connectivity index (χ0n) is 8.21. The van der Waals surface area contributed by atoms with Crippen LogP contribution in [0.4, 0.5) is 5.69 Å². The summed E-state index contributed by atoms with van der Waals surface area (Å²) >= 11 is 5.72. The highest BCUT2D eigenvalue weighted by atomic mass is 35.5. The lowest BCUT2D eigenvalue weighted by atomic mass is 10.2. The van der Waals surface area contributed by atoms with E-state index < -0.39 is 4.92 Å². The second-order valence-electron chi connectivity index (χ2n) is 3.28. The number of halogens is 1. The first-order chi connectivity index (χ1) is 7.65. The molecule has 0 bridgehead atoms. The Bertz CT molecular complexity index is 507. The van der Waals surface area contributed by atoms with Crippen LogP contribution in [-0.2, 0) is 6.54 Å². The molecule has 0 atom stereocenters. The molecule has 6 heteroatoms. The predicted octanol–water partition coefficient (Wildman–Crippen LogP) is 2.49. The van der Waals surface area contributed by atoms with Gasteiger partial charge >= 0.3 is 0 Å². The molecule has 0 fully saturated rings. The van der Waals surface area contributed by atoms with Crippen molar-refractivity contribution >= 4 is 17.3 Å². The number of nitro benzene ring substituents is 1. The van der Waals surface area contributed by atoms with Gasteiger partial charge in [-0.15, -0.1) is 0 Å². The third kappa shape index (κ3) is 2.38. The Morgan fingerprint density at radius 1 is 1.38 bits per heavy atom. The topological polar surface area (TPSA) is 61.0 Å². The van der Waals surface area contributed by atoms with Crippen LogP contribution in [0, 0.1) is 10.1 Å². The van der Waals surface area contributed by atoms with Gasteiger partial charge < -0.3 is 0 Å². The van der Waals surface area contributed by atoms with Crippen molar-refractivity contribution in [3.8, 4) is 0 Å². The quantitative estimate of drug-likeness (QED) is 0.609. The van der Waals surface area contributed by atoms with Crippen LogP contribution in [0.3, 0.4) is 0 Å². The number of nitrogens with zero attached hydrogens (tertiary/aromatic N) is 3. The lowest BCUT2D eigenvalue weighted by Crippen LogP contribution is -1.99. The number of benzene rings is 1. The lowest BCUT2D eigenvalue weighted by Gasteiger charge is -2.00. The molecular formula is C10H8ClN3O2. The van der Waals surface area contributed by atoms with Crippen LogP contribution in [0.15, 0.2) is 36.7 Å². The average Bonchev–Trinajstić information content (AvgIpc) is 2.65. The summed E-state index contributed by atoms with van der Waals surface area (Å²) in [5.41, 5.74) is 1.02. The predicted molar refractivity (Wildman–Crippen MR) is 59.4 cm³/mol. The third-order valence-corrected chi connectivity index (χ3v) is 2.29. The fourth-order valence-corrected chi connectivity index (χ4v) is 1.49. The number of nitro groups is 1. The van der Waals surface area contributed by atoms with Crippen molar-refractivity contribution in [3.05, 3.63) is 57.4 Å². The Balaban J connectivity index is 2.14. The Morgan fingerprint density at radius 2 is 2.06 bits per heavy atom. The van der Waals surface area contributed by atoms with Crippen LogP contribution in [0.5, 0.6) is 0 Å². The standard InChI is InChI=1S/C10H8ClN3O2/c11-9-5-12-13(7-9)6-8-1-3-10(4-2-8)14(15)16/h1-5,7H,6H2. The average molecular weight is 238 g/mol. The summed E-state index contributed by atoms with van der Waals surface area (Å²) in [6.07, 6.45) is 3.25. The minimum absolute atomic E-state index is 0.0854. The minimum atomic E-state index is -0.422. The van der Waals surface area contributed by atoms with E-state index in [1.807, 2.05) is 0 Å². The van der Waals surface area contributed by atoms with E-state index in [1.54, 1.807) is 29.2 Å². The molecule has 0 spiro atoms. The highest BCUT2D eigenvalue weighted by Gasteiger charge is 2.04. The van der Waals surface area contributed by atoms with Crippen molar-refractivity contribution in [1.82, 2.24) is 9.78 Å². The zero-order chi connectivity index (χ0) is 11.5. The van der Waals surface area contributed by atoms with Gasteiger partial charge in [0, 0.05) is 18.3 Å². The molecule has 1 aromatic carbocycles. The molecule has 16 heavy (non-hydrogen) atoms. The summed E-state index contributed by atoms with van der Waals surface area (Å²) in [6.45, 7) is 0.546. The molecule has 0 N–H and O–H groups in total. The molecule has 0 amide bonds. The van der Waals surface area contributed by atoms with E-state index in [0.29, 0.717) is 11.6 Å². The molecule has 0 aliphatic rings. The van der Waals surface area contributed by atoms with E-state index in [0.717, 1.165) is 5.56 Å². The van der Waals surface area contributed by atoms with E-state index in [4.69, 9.17) is 11.6 Å². The third-order valence-electron chi connectivity index (χ3n) is 2.09. The molecule has 5 nitrogen and oxygen atoms in total. The molecule has 1 heterocycles. The number of aromatic nitrogens is 2. The van der Waals surface area contributed by atoms with Crippen LogP contribution in [0.1, 0.15) is 5.56 Å². The van der Waals surface area contributed by atoms with Crippen molar-refractivity contribution < 1.29 is 4.92 Å². The van der Waals surface area contributed by atoms with Gasteiger partial charge in [-0.25, -0.2) is 0 Å². The second-order valence-corrected chi connectivity index (χ2v) is 3.72. The Hall–Kier alpha value is -1.88. The van der Waals surface area contributed by atoms with Crippen molar-refractivity contribution in [2.24, 2.45) is 0 Å². The van der Waals surface area contributed by atoms with Gasteiger partial charge in [-0.1, -0.05) is 23.7 Å². The largest absolute Gasteiger partial charge is 0.269 e. The van der Waals surface area contributed by atoms with E-state index in [-0.39, 0.29) is 5.69 Å². The van der Waals surface area contributed by atoms with Gasteiger partial charge in [0.15, 0.2) is 0 Å². The normalized spacial score (nSPS) is 10.3. The first-order valence-electron chi connectivity index (χ1n) is 4.56. The Morgan fingerprint density at radius 3 is 2.56 bits per heavy atom. The SMILES string of the molecule is O=[N+]([O-])c1ccc(Cn2cc(Cl)cn2)cc1. The Labute approximate surface area is 96.4 Å². The number of rotatable bonds is 3. The molecule has 0 saturated heterocycles. The molecule has 82 valence electrons. The molecule has 2 rings (SSSR count). The molecule has 0 aliphatic carbocycles. The van der Waals surface area contributed by atoms with Crippen LogP contribution >= 0.6 is 11.6 Å². The van der Waals surface area contributed by atoms with Crippen LogP contribution < -0.4 is 0 Å². The lowest BCUT2D eigenvalue weighted by molar-refractivity contribution is -0.384. The summed E-state index contributed by atoms with van der Waals surface area (Å²) in [7, 11) is 0. The molecule has 0 aliphatic heterocycles. The van der Waals surface area contributed by atoms with Crippen molar-refractivity contribution in [2.45, 2.75) is 6.54 Å². The second kappa shape index (κ2) is 4.32. The summed E-state index contributed by atoms with van der Waals surface area (Å²) in [6, 6.07) is 6.35.